The van der Waals surface area contributed by atoms with Gasteiger partial charge in [-0.3, -0.25) is 4.79 Å². The summed E-state index contributed by atoms with van der Waals surface area (Å²) < 4.78 is 0. The molecule has 0 aliphatic carbocycles. The van der Waals surface area contributed by atoms with Gasteiger partial charge in [0.25, 0.3) is 5.91 Å². The number of carbonyl (C=O) groups is 1. The molecule has 4 nitrogen and oxygen atoms in total. The van der Waals surface area contributed by atoms with Crippen LogP contribution in [-0.4, -0.2) is 29.1 Å². The van der Waals surface area contributed by atoms with E-state index >= 15 is 0 Å². The number of carbonyl (C=O) groups excluding carboxylic acids is 1. The van der Waals surface area contributed by atoms with Crippen molar-refractivity contribution in [1.82, 2.24) is 10.3 Å². The number of fused-ring (bicyclic) bond motifs is 1. The molecule has 2 rings (SSSR count). The van der Waals surface area contributed by atoms with Crippen molar-refractivity contribution in [3.63, 3.8) is 0 Å². The van der Waals surface area contributed by atoms with Crippen LogP contribution in [0.25, 0.3) is 10.9 Å². The third kappa shape index (κ3) is 2.71. The maximum absolute atomic E-state index is 12.1. The van der Waals surface area contributed by atoms with Crippen LogP contribution in [-0.2, 0) is 0 Å². The van der Waals surface area contributed by atoms with Crippen molar-refractivity contribution in [3.8, 4) is 0 Å². The number of hydrogen-bond acceptors (Lipinski definition) is 2. The van der Waals surface area contributed by atoms with E-state index in [1.54, 1.807) is 0 Å². The third-order valence-corrected chi connectivity index (χ3v) is 3.06. The Bertz CT molecular complexity index is 533. The highest BCUT2D eigenvalue weighted by atomic mass is 16.3. The van der Waals surface area contributed by atoms with Crippen LogP contribution >= 0.6 is 0 Å². The molecular formula is C14H18N2O2. The van der Waals surface area contributed by atoms with Crippen LogP contribution in [0.1, 0.15) is 23.7 Å². The number of aromatic nitrogens is 1. The molecular weight excluding hydrogens is 228 g/mol. The molecule has 0 aliphatic rings. The van der Waals surface area contributed by atoms with Crippen LogP contribution in [0.2, 0.25) is 0 Å². The summed E-state index contributed by atoms with van der Waals surface area (Å²) in [6, 6.07) is 7.60. The van der Waals surface area contributed by atoms with E-state index in [2.05, 4.69) is 10.3 Å². The zero-order chi connectivity index (χ0) is 13.0. The maximum Gasteiger partial charge on any atom is 0.253 e. The zero-order valence-electron chi connectivity index (χ0n) is 10.4. The Kier molecular flexibility index (Phi) is 3.99. The number of aliphatic hydroxyl groups is 1. The maximum atomic E-state index is 12.1. The summed E-state index contributed by atoms with van der Waals surface area (Å²) in [6.07, 6.45) is 2.53. The highest BCUT2D eigenvalue weighted by Gasteiger charge is 2.11. The SMILES string of the molecule is CC(CCO)CNC(=O)c1cccc2cc[nH]c12. The van der Waals surface area contributed by atoms with Crippen molar-refractivity contribution in [2.24, 2.45) is 5.92 Å². The minimum atomic E-state index is -0.0761. The lowest BCUT2D eigenvalue weighted by Crippen LogP contribution is -2.28. The molecule has 1 unspecified atom stereocenters. The summed E-state index contributed by atoms with van der Waals surface area (Å²) >= 11 is 0. The fourth-order valence-electron chi connectivity index (χ4n) is 1.96. The van der Waals surface area contributed by atoms with Gasteiger partial charge >= 0.3 is 0 Å². The lowest BCUT2D eigenvalue weighted by atomic mass is 10.1. The van der Waals surface area contributed by atoms with Crippen molar-refractivity contribution in [3.05, 3.63) is 36.0 Å². The first-order valence-electron chi connectivity index (χ1n) is 6.17. The van der Waals surface area contributed by atoms with E-state index < -0.39 is 0 Å². The quantitative estimate of drug-likeness (QED) is 0.754. The number of aromatic amines is 1. The topological polar surface area (TPSA) is 65.1 Å². The highest BCUT2D eigenvalue weighted by Crippen LogP contribution is 2.16. The van der Waals surface area contributed by atoms with Crippen LogP contribution in [0.3, 0.4) is 0 Å². The van der Waals surface area contributed by atoms with Gasteiger partial charge in [-0.25, -0.2) is 0 Å². The first-order chi connectivity index (χ1) is 8.72. The van der Waals surface area contributed by atoms with Gasteiger partial charge < -0.3 is 15.4 Å². The molecule has 4 heteroatoms. The molecule has 0 saturated heterocycles. The first kappa shape index (κ1) is 12.6. The Morgan fingerprint density at radius 1 is 1.44 bits per heavy atom. The number of benzene rings is 1. The highest BCUT2D eigenvalue weighted by molar-refractivity contribution is 6.05. The minimum absolute atomic E-state index is 0.0761. The van der Waals surface area contributed by atoms with Gasteiger partial charge in [-0.1, -0.05) is 19.1 Å². The number of aliphatic hydroxyl groups excluding tert-OH is 1. The number of rotatable bonds is 5. The molecule has 0 radical (unpaired) electrons. The molecule has 1 heterocycles. The van der Waals surface area contributed by atoms with Gasteiger partial charge in [0.2, 0.25) is 0 Å². The van der Waals surface area contributed by atoms with Crippen molar-refractivity contribution >= 4 is 16.8 Å². The molecule has 3 N–H and O–H groups in total. The van der Waals surface area contributed by atoms with Gasteiger partial charge in [-0.05, 0) is 24.5 Å². The molecule has 0 spiro atoms. The summed E-state index contributed by atoms with van der Waals surface area (Å²) in [5.41, 5.74) is 1.53. The molecule has 1 atom stereocenters. The normalized spacial score (nSPS) is 12.6. The molecule has 96 valence electrons. The molecule has 0 aliphatic heterocycles. The fraction of sp³-hybridized carbons (Fsp3) is 0.357. The molecule has 0 saturated carbocycles. The van der Waals surface area contributed by atoms with E-state index in [1.165, 1.54) is 0 Å². The van der Waals surface area contributed by atoms with Crippen LogP contribution in [0, 0.1) is 5.92 Å². The minimum Gasteiger partial charge on any atom is -0.396 e. The van der Waals surface area contributed by atoms with E-state index in [1.807, 2.05) is 37.4 Å². The molecule has 1 amide bonds. The lowest BCUT2D eigenvalue weighted by Gasteiger charge is -2.11. The third-order valence-electron chi connectivity index (χ3n) is 3.06. The zero-order valence-corrected chi connectivity index (χ0v) is 10.4. The van der Waals surface area contributed by atoms with Crippen LogP contribution in [0.15, 0.2) is 30.5 Å². The second kappa shape index (κ2) is 5.69. The molecule has 0 bridgehead atoms. The average Bonchev–Trinajstić information content (AvgIpc) is 2.84. The standard InChI is InChI=1S/C14H18N2O2/c1-10(6-8-17)9-16-14(18)12-4-2-3-11-5-7-15-13(11)12/h2-5,7,10,15,17H,6,8-9H2,1H3,(H,16,18). The fourth-order valence-corrected chi connectivity index (χ4v) is 1.96. The first-order valence-corrected chi connectivity index (χ1v) is 6.17. The van der Waals surface area contributed by atoms with Gasteiger partial charge in [0.05, 0.1) is 11.1 Å². The molecule has 1 aromatic carbocycles. The average molecular weight is 246 g/mol. The van der Waals surface area contributed by atoms with Crippen LogP contribution < -0.4 is 5.32 Å². The van der Waals surface area contributed by atoms with E-state index in [9.17, 15) is 4.79 Å². The summed E-state index contributed by atoms with van der Waals surface area (Å²) in [5.74, 6) is 0.203. The monoisotopic (exact) mass is 246 g/mol. The Hall–Kier alpha value is -1.81. The Labute approximate surface area is 106 Å². The number of hydrogen-bond donors (Lipinski definition) is 3. The summed E-state index contributed by atoms with van der Waals surface area (Å²) in [4.78, 5) is 15.2. The van der Waals surface area contributed by atoms with Gasteiger partial charge in [-0.2, -0.15) is 0 Å². The van der Waals surface area contributed by atoms with Crippen molar-refractivity contribution in [1.29, 1.82) is 0 Å². The Balaban J connectivity index is 2.07. The smallest absolute Gasteiger partial charge is 0.253 e. The van der Waals surface area contributed by atoms with Crippen molar-refractivity contribution in [2.75, 3.05) is 13.2 Å². The Morgan fingerprint density at radius 3 is 3.06 bits per heavy atom. The lowest BCUT2D eigenvalue weighted by molar-refractivity contribution is 0.0947. The van der Waals surface area contributed by atoms with Crippen molar-refractivity contribution in [2.45, 2.75) is 13.3 Å². The van der Waals surface area contributed by atoms with E-state index in [0.717, 1.165) is 10.9 Å². The summed E-state index contributed by atoms with van der Waals surface area (Å²) in [7, 11) is 0. The molecule has 1 aromatic heterocycles. The largest absolute Gasteiger partial charge is 0.396 e. The van der Waals surface area contributed by atoms with E-state index in [0.29, 0.717) is 18.5 Å². The molecule has 0 fully saturated rings. The second-order valence-electron chi connectivity index (χ2n) is 4.57. The van der Waals surface area contributed by atoms with E-state index in [4.69, 9.17) is 5.11 Å². The number of amides is 1. The van der Waals surface area contributed by atoms with Gasteiger partial charge in [0.1, 0.15) is 0 Å². The number of para-hydroxylation sites is 1. The van der Waals surface area contributed by atoms with Crippen LogP contribution in [0.4, 0.5) is 0 Å². The predicted molar refractivity (Wildman–Crippen MR) is 71.5 cm³/mol. The Morgan fingerprint density at radius 2 is 2.28 bits per heavy atom. The van der Waals surface area contributed by atoms with E-state index in [-0.39, 0.29) is 18.4 Å². The second-order valence-corrected chi connectivity index (χ2v) is 4.57. The predicted octanol–water partition coefficient (Wildman–Crippen LogP) is 1.92. The molecule has 2 aromatic rings. The van der Waals surface area contributed by atoms with Gasteiger partial charge in [-0.15, -0.1) is 0 Å². The van der Waals surface area contributed by atoms with Gasteiger partial charge in [0.15, 0.2) is 0 Å². The van der Waals surface area contributed by atoms with Gasteiger partial charge in [0, 0.05) is 24.7 Å². The summed E-state index contributed by atoms with van der Waals surface area (Å²) in [5, 5.41) is 12.7. The molecule has 18 heavy (non-hydrogen) atoms. The number of nitrogens with one attached hydrogen (secondary N) is 2. The van der Waals surface area contributed by atoms with Crippen molar-refractivity contribution < 1.29 is 9.90 Å². The number of H-pyrrole nitrogens is 1. The van der Waals surface area contributed by atoms with Crippen LogP contribution in [0.5, 0.6) is 0 Å². The summed E-state index contributed by atoms with van der Waals surface area (Å²) in [6.45, 7) is 2.74.